The number of hydrogen-bond acceptors (Lipinski definition) is 5. The number of aromatic hydroxyl groups is 1. The molecular formula is C24H31N2O4S2+. The van der Waals surface area contributed by atoms with Crippen molar-refractivity contribution >= 4 is 39.2 Å². The molecule has 0 aliphatic heterocycles. The Hall–Kier alpha value is -2.29. The first kappa shape index (κ1) is 24.4. The lowest BCUT2D eigenvalue weighted by molar-refractivity contribution is -0.120. The normalized spacial score (nSPS) is 11.7. The third-order valence-electron chi connectivity index (χ3n) is 5.44. The Morgan fingerprint density at radius 3 is 2.81 bits per heavy atom. The molecule has 8 heteroatoms. The fourth-order valence-corrected chi connectivity index (χ4v) is 4.52. The van der Waals surface area contributed by atoms with Gasteiger partial charge in [-0.15, -0.1) is 0 Å². The van der Waals surface area contributed by atoms with Crippen molar-refractivity contribution in [2.45, 2.75) is 44.5 Å². The summed E-state index contributed by atoms with van der Waals surface area (Å²) in [7, 11) is 0. The predicted octanol–water partition coefficient (Wildman–Crippen LogP) is 3.33. The summed E-state index contributed by atoms with van der Waals surface area (Å²) < 4.78 is 6.83. The van der Waals surface area contributed by atoms with E-state index in [-0.39, 0.29) is 21.3 Å². The SMILES string of the molecule is C[SH+]C(C)(C)CCOCc1cccc(CC(=O)NCCc2ccc(O)c3[nH]c(=O)sc23)c1. The van der Waals surface area contributed by atoms with E-state index in [1.165, 1.54) is 11.8 Å². The van der Waals surface area contributed by atoms with Crippen molar-refractivity contribution in [3.05, 3.63) is 62.8 Å². The van der Waals surface area contributed by atoms with Gasteiger partial charge in [0, 0.05) is 13.0 Å². The van der Waals surface area contributed by atoms with Crippen LogP contribution in [0.1, 0.15) is 37.0 Å². The zero-order valence-corrected chi connectivity index (χ0v) is 20.4. The van der Waals surface area contributed by atoms with Crippen molar-refractivity contribution < 1.29 is 14.6 Å². The van der Waals surface area contributed by atoms with Crippen LogP contribution in [0.2, 0.25) is 0 Å². The van der Waals surface area contributed by atoms with E-state index in [0.717, 1.165) is 45.8 Å². The molecule has 0 atom stereocenters. The van der Waals surface area contributed by atoms with Crippen molar-refractivity contribution in [3.8, 4) is 5.75 Å². The van der Waals surface area contributed by atoms with Crippen LogP contribution in [-0.4, -0.2) is 40.2 Å². The van der Waals surface area contributed by atoms with Crippen LogP contribution < -0.4 is 10.2 Å². The maximum Gasteiger partial charge on any atom is 0.305 e. The molecule has 32 heavy (non-hydrogen) atoms. The van der Waals surface area contributed by atoms with E-state index < -0.39 is 0 Å². The summed E-state index contributed by atoms with van der Waals surface area (Å²) in [5.74, 6) is 0.00718. The Balaban J connectivity index is 1.47. The third-order valence-corrected chi connectivity index (χ3v) is 7.84. The van der Waals surface area contributed by atoms with E-state index in [1.807, 2.05) is 24.3 Å². The highest BCUT2D eigenvalue weighted by molar-refractivity contribution is 7.79. The fourth-order valence-electron chi connectivity index (χ4n) is 3.31. The van der Waals surface area contributed by atoms with Crippen LogP contribution in [0.3, 0.4) is 0 Å². The minimum absolute atomic E-state index is 0.0518. The predicted molar refractivity (Wildman–Crippen MR) is 134 cm³/mol. The summed E-state index contributed by atoms with van der Waals surface area (Å²) in [4.78, 5) is 26.5. The van der Waals surface area contributed by atoms with Gasteiger partial charge in [0.2, 0.25) is 5.91 Å². The molecular weight excluding hydrogens is 444 g/mol. The standard InChI is InChI=1S/C24H30N2O4S2/c1-24(2,31-3)10-12-30-15-17-6-4-5-16(13-17)14-20(28)25-11-9-18-7-8-19(27)21-22(18)32-23(29)26-21/h4-8,13,27H,9-12,14-15H2,1-3H3,(H,25,28)(H,26,29)/p+1. The molecule has 0 fully saturated rings. The number of fused-ring (bicyclic) bond motifs is 1. The number of nitrogens with one attached hydrogen (secondary N) is 2. The molecule has 0 bridgehead atoms. The third kappa shape index (κ3) is 6.85. The number of thiazole rings is 1. The van der Waals surface area contributed by atoms with Crippen molar-refractivity contribution in [2.24, 2.45) is 0 Å². The van der Waals surface area contributed by atoms with Gasteiger partial charge in [-0.25, -0.2) is 0 Å². The first-order chi connectivity index (χ1) is 15.3. The topological polar surface area (TPSA) is 91.4 Å². The number of benzene rings is 2. The highest BCUT2D eigenvalue weighted by Gasteiger charge is 2.22. The van der Waals surface area contributed by atoms with Crippen LogP contribution in [0.15, 0.2) is 41.2 Å². The first-order valence-electron chi connectivity index (χ1n) is 10.6. The van der Waals surface area contributed by atoms with Crippen LogP contribution in [0.4, 0.5) is 0 Å². The fraction of sp³-hybridized carbons (Fsp3) is 0.417. The number of phenols is 1. The number of ether oxygens (including phenoxy) is 1. The molecule has 0 unspecified atom stereocenters. The molecule has 2 aromatic carbocycles. The van der Waals surface area contributed by atoms with Crippen LogP contribution in [-0.2, 0) is 40.7 Å². The number of phenolic OH excluding ortho intramolecular Hbond substituents is 1. The molecule has 0 radical (unpaired) electrons. The number of aromatic amines is 1. The number of carbonyl (C=O) groups is 1. The summed E-state index contributed by atoms with van der Waals surface area (Å²) in [5.41, 5.74) is 3.40. The van der Waals surface area contributed by atoms with Crippen molar-refractivity contribution in [1.29, 1.82) is 0 Å². The summed E-state index contributed by atoms with van der Waals surface area (Å²) in [6.07, 6.45) is 4.07. The first-order valence-corrected chi connectivity index (χ1v) is 12.8. The number of H-pyrrole nitrogens is 1. The minimum atomic E-state index is -0.204. The number of thiol groups is 1. The number of carbonyl (C=O) groups excluding carboxylic acids is 1. The Morgan fingerprint density at radius 1 is 1.25 bits per heavy atom. The lowest BCUT2D eigenvalue weighted by Gasteiger charge is -2.15. The van der Waals surface area contributed by atoms with Crippen LogP contribution in [0, 0.1) is 0 Å². The number of aromatic nitrogens is 1. The highest BCUT2D eigenvalue weighted by Crippen LogP contribution is 2.27. The van der Waals surface area contributed by atoms with E-state index >= 15 is 0 Å². The van der Waals surface area contributed by atoms with Gasteiger partial charge in [-0.05, 0) is 54.8 Å². The molecule has 1 amide bonds. The lowest BCUT2D eigenvalue weighted by atomic mass is 10.1. The second-order valence-electron chi connectivity index (χ2n) is 8.40. The average molecular weight is 476 g/mol. The molecule has 0 spiro atoms. The van der Waals surface area contributed by atoms with Gasteiger partial charge in [0.15, 0.2) is 0 Å². The van der Waals surface area contributed by atoms with Crippen LogP contribution >= 0.6 is 11.3 Å². The molecule has 0 aliphatic rings. The van der Waals surface area contributed by atoms with Gasteiger partial charge >= 0.3 is 4.87 Å². The zero-order valence-electron chi connectivity index (χ0n) is 18.7. The Morgan fingerprint density at radius 2 is 2.03 bits per heavy atom. The molecule has 1 aromatic heterocycles. The monoisotopic (exact) mass is 475 g/mol. The van der Waals surface area contributed by atoms with Gasteiger partial charge in [-0.2, -0.15) is 0 Å². The van der Waals surface area contributed by atoms with Gasteiger partial charge in [0.25, 0.3) is 0 Å². The van der Waals surface area contributed by atoms with E-state index in [9.17, 15) is 14.7 Å². The van der Waals surface area contributed by atoms with Crippen molar-refractivity contribution in [2.75, 3.05) is 19.4 Å². The number of hydrogen-bond donors (Lipinski definition) is 3. The second kappa shape index (κ2) is 11.0. The molecule has 0 saturated carbocycles. The van der Waals surface area contributed by atoms with E-state index in [1.54, 1.807) is 12.1 Å². The lowest BCUT2D eigenvalue weighted by Crippen LogP contribution is -2.27. The van der Waals surface area contributed by atoms with Gasteiger partial charge in [-0.1, -0.05) is 41.7 Å². The molecule has 3 rings (SSSR count). The second-order valence-corrected chi connectivity index (χ2v) is 11.0. The van der Waals surface area contributed by atoms with Crippen LogP contribution in [0.25, 0.3) is 10.2 Å². The van der Waals surface area contributed by atoms with Gasteiger partial charge in [-0.3, -0.25) is 9.59 Å². The number of rotatable bonds is 11. The zero-order chi connectivity index (χ0) is 23.1. The molecule has 3 aromatic rings. The van der Waals surface area contributed by atoms with Crippen LogP contribution in [0.5, 0.6) is 5.75 Å². The van der Waals surface area contributed by atoms with Gasteiger partial charge in [0.05, 0.1) is 30.6 Å². The van der Waals surface area contributed by atoms with E-state index in [4.69, 9.17) is 4.74 Å². The molecule has 6 nitrogen and oxygen atoms in total. The van der Waals surface area contributed by atoms with E-state index in [0.29, 0.717) is 31.5 Å². The molecule has 0 saturated heterocycles. The Labute approximate surface area is 196 Å². The smallest absolute Gasteiger partial charge is 0.305 e. The Kier molecular flexibility index (Phi) is 8.39. The minimum Gasteiger partial charge on any atom is -0.506 e. The van der Waals surface area contributed by atoms with Gasteiger partial charge < -0.3 is 20.1 Å². The van der Waals surface area contributed by atoms with E-state index in [2.05, 4.69) is 30.4 Å². The highest BCUT2D eigenvalue weighted by atomic mass is 32.2. The molecule has 172 valence electrons. The molecule has 1 heterocycles. The molecule has 3 N–H and O–H groups in total. The average Bonchev–Trinajstić information content (AvgIpc) is 3.16. The number of amides is 1. The van der Waals surface area contributed by atoms with Crippen molar-refractivity contribution in [1.82, 2.24) is 10.3 Å². The van der Waals surface area contributed by atoms with Gasteiger partial charge in [0.1, 0.15) is 16.0 Å². The van der Waals surface area contributed by atoms with Crippen molar-refractivity contribution in [3.63, 3.8) is 0 Å². The summed E-state index contributed by atoms with van der Waals surface area (Å²) in [5, 5.41) is 12.8. The summed E-state index contributed by atoms with van der Waals surface area (Å²) in [6.45, 7) is 6.20. The maximum absolute atomic E-state index is 12.4. The summed E-state index contributed by atoms with van der Waals surface area (Å²) in [6, 6.07) is 11.3. The quantitative estimate of drug-likeness (QED) is 0.225. The largest absolute Gasteiger partial charge is 0.506 e. The Bertz CT molecular complexity index is 1120. The summed E-state index contributed by atoms with van der Waals surface area (Å²) >= 11 is 2.44. The molecule has 0 aliphatic carbocycles. The maximum atomic E-state index is 12.4.